The minimum atomic E-state index is -1.07. The van der Waals surface area contributed by atoms with Gasteiger partial charge in [0.1, 0.15) is 5.78 Å². The predicted octanol–water partition coefficient (Wildman–Crippen LogP) is 5.35. The molecule has 0 aromatic rings. The SMILES string of the molecule is CCCCC/C=C\C/C=C\C/C=C\C/C=C\CCCC(=O)C(S)C(O)CO. The first-order valence-corrected chi connectivity index (χ1v) is 10.7. The normalized spacial score (nSPS) is 14.8. The summed E-state index contributed by atoms with van der Waals surface area (Å²) in [5.41, 5.74) is 0. The molecule has 0 spiro atoms. The summed E-state index contributed by atoms with van der Waals surface area (Å²) < 4.78 is 0. The van der Waals surface area contributed by atoms with Gasteiger partial charge in [-0.3, -0.25) is 4.79 Å². The van der Waals surface area contributed by atoms with Gasteiger partial charge in [0.25, 0.3) is 0 Å². The third-order valence-corrected chi connectivity index (χ3v) is 4.77. The van der Waals surface area contributed by atoms with Crippen LogP contribution in [0.5, 0.6) is 0 Å². The molecule has 0 fully saturated rings. The van der Waals surface area contributed by atoms with Crippen molar-refractivity contribution in [1.29, 1.82) is 0 Å². The van der Waals surface area contributed by atoms with Crippen LogP contribution >= 0.6 is 12.6 Å². The standard InChI is InChI=1S/C23H38O3S/c1-2-3-4-5-6-7-8-9-10-11-12-13-14-15-16-17-18-19-21(25)23(27)22(26)20-24/h6-7,9-10,12-13,15-16,22-24,26-27H,2-5,8,11,14,17-20H2,1H3/b7-6-,10-9-,13-12-,16-15-. The number of unbranched alkanes of at least 4 members (excludes halogenated alkanes) is 4. The molecule has 0 saturated carbocycles. The molecule has 0 aliphatic rings. The first-order valence-electron chi connectivity index (χ1n) is 10.2. The van der Waals surface area contributed by atoms with E-state index in [0.29, 0.717) is 6.42 Å². The summed E-state index contributed by atoms with van der Waals surface area (Å²) in [6.45, 7) is 1.79. The largest absolute Gasteiger partial charge is 0.394 e. The number of ketones is 1. The van der Waals surface area contributed by atoms with Crippen LogP contribution in [0.2, 0.25) is 0 Å². The fourth-order valence-corrected chi connectivity index (χ4v) is 2.64. The van der Waals surface area contributed by atoms with E-state index in [9.17, 15) is 9.90 Å². The average Bonchev–Trinajstić information content (AvgIpc) is 2.68. The monoisotopic (exact) mass is 394 g/mol. The maximum atomic E-state index is 11.7. The lowest BCUT2D eigenvalue weighted by molar-refractivity contribution is -0.120. The molecule has 154 valence electrons. The second-order valence-corrected chi connectivity index (χ2v) is 7.20. The number of thiol groups is 1. The highest BCUT2D eigenvalue weighted by Gasteiger charge is 2.21. The van der Waals surface area contributed by atoms with Crippen LogP contribution in [0.15, 0.2) is 48.6 Å². The average molecular weight is 395 g/mol. The van der Waals surface area contributed by atoms with E-state index in [1.54, 1.807) is 0 Å². The first kappa shape index (κ1) is 25.9. The molecule has 0 aromatic carbocycles. The van der Waals surface area contributed by atoms with Gasteiger partial charge in [0.15, 0.2) is 0 Å². The van der Waals surface area contributed by atoms with Gasteiger partial charge in [0.2, 0.25) is 0 Å². The Labute approximate surface area is 171 Å². The highest BCUT2D eigenvalue weighted by molar-refractivity contribution is 7.81. The maximum absolute atomic E-state index is 11.7. The van der Waals surface area contributed by atoms with E-state index in [1.807, 2.05) is 0 Å². The zero-order valence-electron chi connectivity index (χ0n) is 16.8. The minimum Gasteiger partial charge on any atom is -0.394 e. The number of carbonyl (C=O) groups excluding carboxylic acids is 1. The van der Waals surface area contributed by atoms with Gasteiger partial charge in [0, 0.05) is 6.42 Å². The zero-order valence-corrected chi connectivity index (χ0v) is 17.7. The van der Waals surface area contributed by atoms with Crippen LogP contribution in [0, 0.1) is 0 Å². The van der Waals surface area contributed by atoms with E-state index in [1.165, 1.54) is 25.7 Å². The second kappa shape index (κ2) is 19.7. The van der Waals surface area contributed by atoms with Gasteiger partial charge in [-0.2, -0.15) is 12.6 Å². The summed E-state index contributed by atoms with van der Waals surface area (Å²) >= 11 is 4.04. The highest BCUT2D eigenvalue weighted by atomic mass is 32.1. The fourth-order valence-electron chi connectivity index (χ4n) is 2.42. The van der Waals surface area contributed by atoms with Crippen molar-refractivity contribution >= 4 is 18.4 Å². The molecule has 0 radical (unpaired) electrons. The number of allylic oxidation sites excluding steroid dienone is 8. The van der Waals surface area contributed by atoms with Gasteiger partial charge in [-0.05, 0) is 44.9 Å². The van der Waals surface area contributed by atoms with Crippen LogP contribution in [0.1, 0.15) is 71.1 Å². The molecule has 0 aliphatic carbocycles. The van der Waals surface area contributed by atoms with E-state index in [-0.39, 0.29) is 5.78 Å². The Kier molecular flexibility index (Phi) is 18.9. The quantitative estimate of drug-likeness (QED) is 0.177. The van der Waals surface area contributed by atoms with Crippen molar-refractivity contribution < 1.29 is 15.0 Å². The Morgan fingerprint density at radius 1 is 0.852 bits per heavy atom. The summed E-state index contributed by atoms with van der Waals surface area (Å²) in [5, 5.41) is 17.4. The van der Waals surface area contributed by atoms with Gasteiger partial charge in [-0.15, -0.1) is 0 Å². The van der Waals surface area contributed by atoms with Gasteiger partial charge in [0.05, 0.1) is 18.0 Å². The van der Waals surface area contributed by atoms with Crippen LogP contribution in [0.25, 0.3) is 0 Å². The summed E-state index contributed by atoms with van der Waals surface area (Å²) in [5.74, 6) is -0.115. The lowest BCUT2D eigenvalue weighted by Gasteiger charge is -2.13. The fraction of sp³-hybridized carbons (Fsp3) is 0.609. The van der Waals surface area contributed by atoms with Gasteiger partial charge in [-0.25, -0.2) is 0 Å². The predicted molar refractivity (Wildman–Crippen MR) is 119 cm³/mol. The van der Waals surface area contributed by atoms with Gasteiger partial charge in [-0.1, -0.05) is 68.4 Å². The molecule has 0 aliphatic heterocycles. The lowest BCUT2D eigenvalue weighted by atomic mass is 10.1. The van der Waals surface area contributed by atoms with E-state index < -0.39 is 18.0 Å². The smallest absolute Gasteiger partial charge is 0.148 e. The van der Waals surface area contributed by atoms with Crippen molar-refractivity contribution in [1.82, 2.24) is 0 Å². The molecule has 0 rings (SSSR count). The third kappa shape index (κ3) is 16.8. The van der Waals surface area contributed by atoms with Crippen LogP contribution in [-0.4, -0.2) is 34.0 Å². The molecule has 0 bridgehead atoms. The summed E-state index contributed by atoms with van der Waals surface area (Å²) in [6.07, 6.45) is 26.3. The number of aliphatic hydroxyl groups excluding tert-OH is 2. The van der Waals surface area contributed by atoms with E-state index in [0.717, 1.165) is 32.1 Å². The molecular formula is C23H38O3S. The zero-order chi connectivity index (χ0) is 20.2. The van der Waals surface area contributed by atoms with Crippen LogP contribution < -0.4 is 0 Å². The molecule has 0 heterocycles. The van der Waals surface area contributed by atoms with Crippen molar-refractivity contribution in [3.8, 4) is 0 Å². The first-order chi connectivity index (χ1) is 13.1. The van der Waals surface area contributed by atoms with Crippen molar-refractivity contribution in [3.05, 3.63) is 48.6 Å². The van der Waals surface area contributed by atoms with E-state index in [2.05, 4.69) is 68.2 Å². The summed E-state index contributed by atoms with van der Waals surface area (Å²) in [6, 6.07) is 0. The molecule has 2 N–H and O–H groups in total. The van der Waals surface area contributed by atoms with Crippen molar-refractivity contribution in [3.63, 3.8) is 0 Å². The van der Waals surface area contributed by atoms with Gasteiger partial charge < -0.3 is 10.2 Å². The number of carbonyl (C=O) groups is 1. The van der Waals surface area contributed by atoms with E-state index in [4.69, 9.17) is 5.11 Å². The van der Waals surface area contributed by atoms with Crippen molar-refractivity contribution in [2.24, 2.45) is 0 Å². The molecular weight excluding hydrogens is 356 g/mol. The Bertz CT molecular complexity index is 466. The van der Waals surface area contributed by atoms with Crippen molar-refractivity contribution in [2.45, 2.75) is 82.5 Å². The number of hydrogen-bond acceptors (Lipinski definition) is 4. The number of Topliss-reactive ketones (excluding diaryl/α,β-unsaturated/α-hetero) is 1. The second-order valence-electron chi connectivity index (χ2n) is 6.64. The van der Waals surface area contributed by atoms with Crippen molar-refractivity contribution in [2.75, 3.05) is 6.61 Å². The Morgan fingerprint density at radius 2 is 1.33 bits per heavy atom. The molecule has 2 unspecified atom stereocenters. The maximum Gasteiger partial charge on any atom is 0.148 e. The summed E-state index contributed by atoms with van der Waals surface area (Å²) in [7, 11) is 0. The lowest BCUT2D eigenvalue weighted by Crippen LogP contribution is -2.31. The molecule has 4 heteroatoms. The van der Waals surface area contributed by atoms with E-state index >= 15 is 0 Å². The summed E-state index contributed by atoms with van der Waals surface area (Å²) in [4.78, 5) is 11.7. The molecule has 0 saturated heterocycles. The highest BCUT2D eigenvalue weighted by Crippen LogP contribution is 2.09. The molecule has 27 heavy (non-hydrogen) atoms. The third-order valence-electron chi connectivity index (χ3n) is 4.13. The Balaban J connectivity index is 3.60. The topological polar surface area (TPSA) is 57.5 Å². The Hall–Kier alpha value is -1.10. The van der Waals surface area contributed by atoms with Crippen LogP contribution in [-0.2, 0) is 4.79 Å². The van der Waals surface area contributed by atoms with Crippen LogP contribution in [0.3, 0.4) is 0 Å². The molecule has 3 nitrogen and oxygen atoms in total. The van der Waals surface area contributed by atoms with Crippen LogP contribution in [0.4, 0.5) is 0 Å². The van der Waals surface area contributed by atoms with Gasteiger partial charge >= 0.3 is 0 Å². The number of aliphatic hydroxyl groups is 2. The molecule has 2 atom stereocenters. The molecule has 0 aromatic heterocycles. The minimum absolute atomic E-state index is 0.115. The Morgan fingerprint density at radius 3 is 1.81 bits per heavy atom. The number of hydrogen-bond donors (Lipinski definition) is 3. The molecule has 0 amide bonds. The number of rotatable bonds is 17.